The Morgan fingerprint density at radius 3 is 2.72 bits per heavy atom. The Morgan fingerprint density at radius 2 is 2.07 bits per heavy atom. The number of amides is 3. The molecular weight excluding hydrogens is 446 g/mol. The van der Waals surface area contributed by atoms with Crippen LogP contribution >= 0.6 is 15.9 Å². The zero-order valence-electron chi connectivity index (χ0n) is 16.9. The summed E-state index contributed by atoms with van der Waals surface area (Å²) in [6.45, 7) is 3.85. The van der Waals surface area contributed by atoms with Crippen LogP contribution in [-0.2, 0) is 14.3 Å². The van der Waals surface area contributed by atoms with Crippen LogP contribution in [0.25, 0.3) is 10.4 Å². The number of hydrogen-bond donors (Lipinski definition) is 2. The monoisotopic (exact) mass is 475 g/mol. The van der Waals surface area contributed by atoms with Gasteiger partial charge in [0.05, 0.1) is 18.8 Å². The molecule has 10 nitrogen and oxygen atoms in total. The van der Waals surface area contributed by atoms with Gasteiger partial charge in [0.1, 0.15) is 10.6 Å². The molecule has 2 saturated heterocycles. The largest absolute Gasteiger partial charge is 0.394 e. The fourth-order valence-electron chi connectivity index (χ4n) is 3.60. The van der Waals surface area contributed by atoms with E-state index in [-0.39, 0.29) is 13.0 Å². The number of aliphatic hydroxyl groups excluding tert-OH is 1. The van der Waals surface area contributed by atoms with Crippen molar-refractivity contribution in [1.29, 1.82) is 0 Å². The number of nitrogens with one attached hydrogen (secondary N) is 1. The SMILES string of the molecule is CCCCCCCCOC1N([C@@H]2C[C@@H](N=[N+]=[N-])[C@H](CO)O2)C(=O)NC(=O)C1(C)Br. The molecule has 0 spiro atoms. The second-order valence-corrected chi connectivity index (χ2v) is 9.20. The topological polar surface area (TPSA) is 137 Å². The number of azide groups is 1. The molecule has 29 heavy (non-hydrogen) atoms. The summed E-state index contributed by atoms with van der Waals surface area (Å²) < 4.78 is 10.6. The average Bonchev–Trinajstić information content (AvgIpc) is 3.07. The van der Waals surface area contributed by atoms with Gasteiger partial charge < -0.3 is 14.6 Å². The van der Waals surface area contributed by atoms with Crippen LogP contribution in [0, 0.1) is 0 Å². The molecule has 0 aromatic rings. The van der Waals surface area contributed by atoms with E-state index >= 15 is 0 Å². The summed E-state index contributed by atoms with van der Waals surface area (Å²) in [5.74, 6) is -0.491. The van der Waals surface area contributed by atoms with E-state index < -0.39 is 40.9 Å². The Kier molecular flexibility index (Phi) is 9.16. The molecule has 0 aliphatic carbocycles. The molecule has 11 heteroatoms. The molecule has 0 bridgehead atoms. The molecule has 2 heterocycles. The average molecular weight is 476 g/mol. The molecular formula is C18H30BrN5O5. The standard InChI is InChI=1S/C18H30BrN5O5/c1-3-4-5-6-7-8-9-28-16-18(2,19)15(26)21-17(27)24(16)14-10-12(22-23-20)13(11-25)29-14/h12-14,16,25H,3-11H2,1-2H3,(H,21,26,27)/t12-,13+,14+,16?,18?/m1/s1. The smallest absolute Gasteiger partial charge is 0.328 e. The second-order valence-electron chi connectivity index (χ2n) is 7.55. The summed E-state index contributed by atoms with van der Waals surface area (Å²) in [5, 5.41) is 15.5. The Bertz CT molecular complexity index is 628. The third-order valence-corrected chi connectivity index (χ3v) is 6.04. The number of halogens is 1. The number of carbonyl (C=O) groups is 2. The van der Waals surface area contributed by atoms with Gasteiger partial charge in [-0.3, -0.25) is 15.0 Å². The highest BCUT2D eigenvalue weighted by Gasteiger charge is 2.54. The summed E-state index contributed by atoms with van der Waals surface area (Å²) in [7, 11) is 0. The zero-order chi connectivity index (χ0) is 21.4. The number of rotatable bonds is 11. The Labute approximate surface area is 179 Å². The first kappa shape index (κ1) is 23.9. The minimum Gasteiger partial charge on any atom is -0.394 e. The Balaban J connectivity index is 2.07. The van der Waals surface area contributed by atoms with Gasteiger partial charge in [0, 0.05) is 17.9 Å². The van der Waals surface area contributed by atoms with Crippen molar-refractivity contribution in [2.45, 2.75) is 87.7 Å². The normalized spacial score (nSPS) is 32.2. The molecule has 0 saturated carbocycles. The zero-order valence-corrected chi connectivity index (χ0v) is 18.5. The molecule has 0 aromatic heterocycles. The number of nitrogens with zero attached hydrogens (tertiary/aromatic N) is 4. The first-order valence-electron chi connectivity index (χ1n) is 10.1. The molecule has 2 aliphatic rings. The fraction of sp³-hybridized carbons (Fsp3) is 0.889. The maximum absolute atomic E-state index is 12.6. The van der Waals surface area contributed by atoms with Crippen molar-refractivity contribution in [3.05, 3.63) is 10.4 Å². The van der Waals surface area contributed by atoms with E-state index in [2.05, 4.69) is 38.2 Å². The maximum atomic E-state index is 12.6. The van der Waals surface area contributed by atoms with Crippen molar-refractivity contribution in [1.82, 2.24) is 10.2 Å². The predicted molar refractivity (Wildman–Crippen MR) is 109 cm³/mol. The fourth-order valence-corrected chi connectivity index (χ4v) is 4.05. The first-order chi connectivity index (χ1) is 13.9. The number of aliphatic hydroxyl groups is 1. The lowest BCUT2D eigenvalue weighted by Crippen LogP contribution is -2.69. The molecule has 5 atom stereocenters. The number of imide groups is 1. The van der Waals surface area contributed by atoms with E-state index in [0.29, 0.717) is 6.61 Å². The van der Waals surface area contributed by atoms with Crippen molar-refractivity contribution in [3.63, 3.8) is 0 Å². The van der Waals surface area contributed by atoms with Gasteiger partial charge in [-0.2, -0.15) is 0 Å². The predicted octanol–water partition coefficient (Wildman–Crippen LogP) is 3.18. The van der Waals surface area contributed by atoms with Gasteiger partial charge in [0.15, 0.2) is 6.23 Å². The molecule has 2 aliphatic heterocycles. The lowest BCUT2D eigenvalue weighted by molar-refractivity contribution is -0.159. The minimum absolute atomic E-state index is 0.205. The van der Waals surface area contributed by atoms with Gasteiger partial charge in [-0.05, 0) is 18.9 Å². The minimum atomic E-state index is -1.17. The van der Waals surface area contributed by atoms with Gasteiger partial charge in [0.25, 0.3) is 0 Å². The summed E-state index contributed by atoms with van der Waals surface area (Å²) in [4.78, 5) is 29.1. The van der Waals surface area contributed by atoms with Gasteiger partial charge >= 0.3 is 6.03 Å². The second kappa shape index (κ2) is 11.1. The third-order valence-electron chi connectivity index (χ3n) is 5.28. The summed E-state index contributed by atoms with van der Waals surface area (Å²) in [5.41, 5.74) is 8.73. The van der Waals surface area contributed by atoms with E-state index in [1.165, 1.54) is 24.2 Å². The van der Waals surface area contributed by atoms with Gasteiger partial charge in [-0.15, -0.1) is 0 Å². The maximum Gasteiger partial charge on any atom is 0.328 e. The number of alkyl halides is 1. The number of ether oxygens (including phenoxy) is 2. The third kappa shape index (κ3) is 5.82. The van der Waals surface area contributed by atoms with Crippen LogP contribution in [-0.4, -0.2) is 64.1 Å². The molecule has 0 aromatic carbocycles. The van der Waals surface area contributed by atoms with Crippen molar-refractivity contribution in [3.8, 4) is 0 Å². The van der Waals surface area contributed by atoms with E-state index in [4.69, 9.17) is 15.0 Å². The Morgan fingerprint density at radius 1 is 1.38 bits per heavy atom. The molecule has 164 valence electrons. The van der Waals surface area contributed by atoms with E-state index in [9.17, 15) is 14.7 Å². The van der Waals surface area contributed by atoms with Gasteiger partial charge in [-0.25, -0.2) is 4.79 Å². The van der Waals surface area contributed by atoms with Crippen molar-refractivity contribution in [2.75, 3.05) is 13.2 Å². The molecule has 2 N–H and O–H groups in total. The van der Waals surface area contributed by atoms with E-state index in [1.54, 1.807) is 6.92 Å². The van der Waals surface area contributed by atoms with E-state index in [0.717, 1.165) is 19.3 Å². The molecule has 2 rings (SSSR count). The molecule has 0 radical (unpaired) electrons. The number of urea groups is 1. The lowest BCUT2D eigenvalue weighted by atomic mass is 10.0. The molecule has 3 amide bonds. The number of unbranched alkanes of at least 4 members (excludes halogenated alkanes) is 5. The van der Waals surface area contributed by atoms with Crippen LogP contribution in [0.3, 0.4) is 0 Å². The van der Waals surface area contributed by atoms with Crippen LogP contribution in [0.1, 0.15) is 58.8 Å². The van der Waals surface area contributed by atoms with Crippen LogP contribution in [0.15, 0.2) is 5.11 Å². The van der Waals surface area contributed by atoms with Crippen LogP contribution in [0.5, 0.6) is 0 Å². The van der Waals surface area contributed by atoms with Crippen molar-refractivity contribution in [2.24, 2.45) is 5.11 Å². The van der Waals surface area contributed by atoms with Gasteiger partial charge in [0.2, 0.25) is 5.91 Å². The van der Waals surface area contributed by atoms with Crippen LogP contribution < -0.4 is 5.32 Å². The first-order valence-corrected chi connectivity index (χ1v) is 10.9. The van der Waals surface area contributed by atoms with Crippen LogP contribution in [0.2, 0.25) is 0 Å². The summed E-state index contributed by atoms with van der Waals surface area (Å²) in [6.07, 6.45) is 4.32. The Hall–Kier alpha value is -1.39. The van der Waals surface area contributed by atoms with Crippen LogP contribution in [0.4, 0.5) is 4.79 Å². The molecule has 2 unspecified atom stereocenters. The quantitative estimate of drug-likeness (QED) is 0.155. The van der Waals surface area contributed by atoms with Crippen molar-refractivity contribution >= 4 is 27.9 Å². The highest BCUT2D eigenvalue weighted by molar-refractivity contribution is 9.10. The van der Waals surface area contributed by atoms with E-state index in [1.807, 2.05) is 0 Å². The number of hydrogen-bond acceptors (Lipinski definition) is 6. The highest BCUT2D eigenvalue weighted by atomic mass is 79.9. The summed E-state index contributed by atoms with van der Waals surface area (Å²) >= 11 is 3.40. The molecule has 2 fully saturated rings. The lowest BCUT2D eigenvalue weighted by Gasteiger charge is -2.45. The highest BCUT2D eigenvalue weighted by Crippen LogP contribution is 2.36. The van der Waals surface area contributed by atoms with Crippen molar-refractivity contribution < 1.29 is 24.2 Å². The summed E-state index contributed by atoms with van der Waals surface area (Å²) in [6, 6.07) is -1.25. The number of carbonyl (C=O) groups excluding carboxylic acids is 2. The van der Waals surface area contributed by atoms with Gasteiger partial charge in [-0.1, -0.05) is 60.1 Å².